The van der Waals surface area contributed by atoms with Crippen molar-refractivity contribution in [2.75, 3.05) is 11.1 Å². The van der Waals surface area contributed by atoms with Gasteiger partial charge in [-0.25, -0.2) is 13.2 Å². The molecule has 2 aliphatic heterocycles. The van der Waals surface area contributed by atoms with Gasteiger partial charge in [-0.1, -0.05) is 18.6 Å². The summed E-state index contributed by atoms with van der Waals surface area (Å²) in [5, 5.41) is 7.71. The molecule has 2 saturated heterocycles. The normalized spacial score (nSPS) is 26.1. The zero-order chi connectivity index (χ0) is 18.9. The summed E-state index contributed by atoms with van der Waals surface area (Å²) in [5.41, 5.74) is 2.99. The number of hydrogen-bond acceptors (Lipinski definition) is 4. The molecule has 3 atom stereocenters. The van der Waals surface area contributed by atoms with Gasteiger partial charge in [-0.3, -0.25) is 4.79 Å². The lowest BCUT2D eigenvalue weighted by Gasteiger charge is -2.16. The highest BCUT2D eigenvalue weighted by molar-refractivity contribution is 7.92. The zero-order valence-corrected chi connectivity index (χ0v) is 15.9. The van der Waals surface area contributed by atoms with Crippen molar-refractivity contribution in [1.29, 1.82) is 0 Å². The first kappa shape index (κ1) is 18.7. The van der Waals surface area contributed by atoms with Crippen molar-refractivity contribution >= 4 is 27.5 Å². The molecular formula is C18H25N3O4S. The van der Waals surface area contributed by atoms with Crippen molar-refractivity contribution in [1.82, 2.24) is 10.6 Å². The van der Waals surface area contributed by atoms with E-state index in [-0.39, 0.29) is 29.8 Å². The van der Waals surface area contributed by atoms with Crippen LogP contribution in [0.3, 0.4) is 0 Å². The van der Waals surface area contributed by atoms with Crippen molar-refractivity contribution in [2.45, 2.75) is 56.9 Å². The third-order valence-electron chi connectivity index (χ3n) is 5.34. The maximum Gasteiger partial charge on any atom is 0.315 e. The molecule has 26 heavy (non-hydrogen) atoms. The van der Waals surface area contributed by atoms with E-state index in [1.54, 1.807) is 0 Å². The minimum absolute atomic E-state index is 0.00576. The number of carbonyl (C=O) groups is 2. The van der Waals surface area contributed by atoms with Crippen LogP contribution >= 0.6 is 0 Å². The standard InChI is InChI=1S/C18H25N3O4S/c1-11-6-5-7-13(12(11)2)19-16(22)9-4-3-8-15-17-14(10-26(15,24)25)20-18(23)21-17/h5-7,14-15,17H,3-4,8-10H2,1-2H3,(H,19,22)(H2,20,21,23)/t14-,15-,17-/m1/s1. The molecule has 0 bridgehead atoms. The Hall–Kier alpha value is -2.09. The van der Waals surface area contributed by atoms with E-state index in [1.165, 1.54) is 0 Å². The van der Waals surface area contributed by atoms with Gasteiger partial charge in [0.1, 0.15) is 0 Å². The largest absolute Gasteiger partial charge is 0.332 e. The topological polar surface area (TPSA) is 104 Å². The Morgan fingerprint density at radius 1 is 1.23 bits per heavy atom. The number of urea groups is 1. The first-order chi connectivity index (χ1) is 12.3. The van der Waals surface area contributed by atoms with E-state index in [9.17, 15) is 18.0 Å². The number of nitrogens with one attached hydrogen (secondary N) is 3. The Bertz CT molecular complexity index is 822. The first-order valence-corrected chi connectivity index (χ1v) is 10.6. The number of sulfone groups is 1. The molecule has 8 heteroatoms. The lowest BCUT2D eigenvalue weighted by molar-refractivity contribution is -0.116. The number of unbranched alkanes of at least 4 members (excludes halogenated alkanes) is 1. The van der Waals surface area contributed by atoms with Gasteiger partial charge >= 0.3 is 6.03 Å². The van der Waals surface area contributed by atoms with Crippen LogP contribution in [0, 0.1) is 13.8 Å². The summed E-state index contributed by atoms with van der Waals surface area (Å²) in [6, 6.07) is 4.80. The predicted molar refractivity (Wildman–Crippen MR) is 99.8 cm³/mol. The summed E-state index contributed by atoms with van der Waals surface area (Å²) >= 11 is 0. The number of fused-ring (bicyclic) bond motifs is 1. The molecule has 3 rings (SSSR count). The number of aryl methyl sites for hydroxylation is 1. The molecule has 0 unspecified atom stereocenters. The number of anilines is 1. The Balaban J connectivity index is 1.47. The van der Waals surface area contributed by atoms with Crippen molar-refractivity contribution in [3.8, 4) is 0 Å². The van der Waals surface area contributed by atoms with Crippen LogP contribution in [0.1, 0.15) is 36.8 Å². The Morgan fingerprint density at radius 3 is 2.77 bits per heavy atom. The summed E-state index contributed by atoms with van der Waals surface area (Å²) in [6.07, 6.45) is 2.05. The highest BCUT2D eigenvalue weighted by Crippen LogP contribution is 2.28. The van der Waals surface area contributed by atoms with Crippen LogP contribution in [0.4, 0.5) is 10.5 Å². The molecular weight excluding hydrogens is 354 g/mol. The van der Waals surface area contributed by atoms with Crippen LogP contribution in [0.5, 0.6) is 0 Å². The molecule has 3 N–H and O–H groups in total. The lowest BCUT2D eigenvalue weighted by atomic mass is 10.0. The number of rotatable bonds is 6. The van der Waals surface area contributed by atoms with Crippen LogP contribution in [0.25, 0.3) is 0 Å². The van der Waals surface area contributed by atoms with Gasteiger partial charge in [0.2, 0.25) is 5.91 Å². The Morgan fingerprint density at radius 2 is 2.00 bits per heavy atom. The molecule has 7 nitrogen and oxygen atoms in total. The van der Waals surface area contributed by atoms with Crippen molar-refractivity contribution in [3.63, 3.8) is 0 Å². The van der Waals surface area contributed by atoms with E-state index < -0.39 is 15.1 Å². The molecule has 2 fully saturated rings. The van der Waals surface area contributed by atoms with E-state index >= 15 is 0 Å². The summed E-state index contributed by atoms with van der Waals surface area (Å²) in [4.78, 5) is 23.5. The van der Waals surface area contributed by atoms with Crippen molar-refractivity contribution < 1.29 is 18.0 Å². The van der Waals surface area contributed by atoms with Gasteiger partial charge in [0, 0.05) is 12.1 Å². The van der Waals surface area contributed by atoms with Crippen LogP contribution in [0.15, 0.2) is 18.2 Å². The minimum atomic E-state index is -3.21. The van der Waals surface area contributed by atoms with Crippen LogP contribution < -0.4 is 16.0 Å². The van der Waals surface area contributed by atoms with Crippen LogP contribution in [-0.2, 0) is 14.6 Å². The van der Waals surface area contributed by atoms with Crippen molar-refractivity contribution in [3.05, 3.63) is 29.3 Å². The van der Waals surface area contributed by atoms with E-state index in [0.29, 0.717) is 25.7 Å². The van der Waals surface area contributed by atoms with E-state index in [2.05, 4.69) is 16.0 Å². The average molecular weight is 379 g/mol. The third kappa shape index (κ3) is 3.85. The monoisotopic (exact) mass is 379 g/mol. The molecule has 0 spiro atoms. The highest BCUT2D eigenvalue weighted by atomic mass is 32.2. The van der Waals surface area contributed by atoms with Gasteiger partial charge in [0.15, 0.2) is 9.84 Å². The second-order valence-corrected chi connectivity index (χ2v) is 9.42. The van der Waals surface area contributed by atoms with E-state index in [1.807, 2.05) is 32.0 Å². The fraction of sp³-hybridized carbons (Fsp3) is 0.556. The zero-order valence-electron chi connectivity index (χ0n) is 15.0. The smallest absolute Gasteiger partial charge is 0.315 e. The fourth-order valence-corrected chi connectivity index (χ4v) is 6.00. The lowest BCUT2D eigenvalue weighted by Crippen LogP contribution is -2.39. The SMILES string of the molecule is Cc1cccc(NC(=O)CCCC[C@@H]2[C@@H]3NC(=O)N[C@@H]3CS2(=O)=O)c1C. The molecule has 142 valence electrons. The molecule has 2 heterocycles. The first-order valence-electron chi connectivity index (χ1n) is 8.92. The molecule has 0 saturated carbocycles. The Labute approximate surface area is 153 Å². The van der Waals surface area contributed by atoms with Crippen molar-refractivity contribution in [2.24, 2.45) is 0 Å². The molecule has 1 aromatic carbocycles. The van der Waals surface area contributed by atoms with Gasteiger partial charge < -0.3 is 16.0 Å². The van der Waals surface area contributed by atoms with Gasteiger partial charge in [0.25, 0.3) is 0 Å². The molecule has 3 amide bonds. The molecule has 1 aromatic rings. The number of amides is 3. The molecule has 0 aromatic heterocycles. The fourth-order valence-electron chi connectivity index (χ4n) is 3.74. The summed E-state index contributed by atoms with van der Waals surface area (Å²) in [7, 11) is -3.21. The van der Waals surface area contributed by atoms with E-state index in [0.717, 1.165) is 16.8 Å². The minimum Gasteiger partial charge on any atom is -0.332 e. The van der Waals surface area contributed by atoms with Crippen LogP contribution in [0.2, 0.25) is 0 Å². The molecule has 2 aliphatic rings. The van der Waals surface area contributed by atoms with Gasteiger partial charge in [-0.2, -0.15) is 0 Å². The Kier molecular flexibility index (Phi) is 5.22. The number of carbonyl (C=O) groups excluding carboxylic acids is 2. The third-order valence-corrected chi connectivity index (χ3v) is 7.62. The van der Waals surface area contributed by atoms with E-state index in [4.69, 9.17) is 0 Å². The number of hydrogen-bond donors (Lipinski definition) is 3. The van der Waals surface area contributed by atoms with Gasteiger partial charge in [-0.15, -0.1) is 0 Å². The summed E-state index contributed by atoms with van der Waals surface area (Å²) in [6.45, 7) is 3.97. The number of benzene rings is 1. The predicted octanol–water partition coefficient (Wildman–Crippen LogP) is 1.65. The summed E-state index contributed by atoms with van der Waals surface area (Å²) < 4.78 is 24.5. The molecule has 0 radical (unpaired) electrons. The van der Waals surface area contributed by atoms with Gasteiger partial charge in [0.05, 0.1) is 23.1 Å². The van der Waals surface area contributed by atoms with Crippen LogP contribution in [-0.4, -0.2) is 43.4 Å². The van der Waals surface area contributed by atoms with Gasteiger partial charge in [-0.05, 0) is 43.9 Å². The molecule has 0 aliphatic carbocycles. The quantitative estimate of drug-likeness (QED) is 0.516. The highest BCUT2D eigenvalue weighted by Gasteiger charge is 2.51. The summed E-state index contributed by atoms with van der Waals surface area (Å²) in [5.74, 6) is -0.0736. The average Bonchev–Trinajstić information content (AvgIpc) is 3.00. The second-order valence-electron chi connectivity index (χ2n) is 7.16. The maximum atomic E-state index is 12.3. The second kappa shape index (κ2) is 7.26. The maximum absolute atomic E-state index is 12.3.